The van der Waals surface area contributed by atoms with E-state index in [1.165, 1.54) is 6.42 Å². The van der Waals surface area contributed by atoms with Crippen LogP contribution in [0.1, 0.15) is 6.42 Å². The third kappa shape index (κ3) is 3.16. The minimum Gasteiger partial charge on any atom is -0.493 e. The maximum Gasteiger partial charge on any atom is 0.119 e. The Morgan fingerprint density at radius 3 is 2.25 bits per heavy atom. The molecule has 2 aliphatic carbocycles. The van der Waals surface area contributed by atoms with Crippen molar-refractivity contribution < 1.29 is 4.74 Å². The summed E-state index contributed by atoms with van der Waals surface area (Å²) in [6.07, 6.45) is 5.96. The Balaban J connectivity index is 1.35. The third-order valence-electron chi connectivity index (χ3n) is 5.34. The van der Waals surface area contributed by atoms with Gasteiger partial charge in [-0.2, -0.15) is 0 Å². The number of ether oxygens (including phenoxy) is 1. The Morgan fingerprint density at radius 2 is 1.54 bits per heavy atom. The summed E-state index contributed by atoms with van der Waals surface area (Å²) >= 11 is 6.18. The normalized spacial score (nSPS) is 27.4. The van der Waals surface area contributed by atoms with Crippen molar-refractivity contribution in [3.63, 3.8) is 0 Å². The first-order valence-electron chi connectivity index (χ1n) is 8.63. The Labute approximate surface area is 148 Å². The van der Waals surface area contributed by atoms with E-state index in [1.807, 2.05) is 30.3 Å². The number of allylic oxidation sites excluding steroid dienone is 2. The molecule has 0 saturated heterocycles. The summed E-state index contributed by atoms with van der Waals surface area (Å²) in [5, 5.41) is 3.38. The predicted molar refractivity (Wildman–Crippen MR) is 100 cm³/mol. The minimum atomic E-state index is 0.555. The van der Waals surface area contributed by atoms with Crippen LogP contribution < -0.4 is 10.1 Å². The van der Waals surface area contributed by atoms with E-state index in [4.69, 9.17) is 16.3 Å². The van der Waals surface area contributed by atoms with Crippen LogP contribution in [0, 0.1) is 23.7 Å². The van der Waals surface area contributed by atoms with E-state index in [2.05, 4.69) is 41.7 Å². The van der Waals surface area contributed by atoms with Crippen molar-refractivity contribution in [1.29, 1.82) is 0 Å². The highest BCUT2D eigenvalue weighted by Gasteiger charge is 2.44. The van der Waals surface area contributed by atoms with Gasteiger partial charge in [0.15, 0.2) is 0 Å². The lowest BCUT2D eigenvalue weighted by Crippen LogP contribution is -2.26. The molecule has 1 fully saturated rings. The standard InChI is InChI=1S/C21H22ClNO/c22-13-20-15-6-7-16(12-15)21(20)14-24-19-10-8-18(9-11-19)23-17-4-2-1-3-5-17/h1-11,15-16,20-21,23H,12-14H2. The van der Waals surface area contributed by atoms with E-state index < -0.39 is 0 Å². The number of hydrogen-bond donors (Lipinski definition) is 1. The van der Waals surface area contributed by atoms with Crippen molar-refractivity contribution in [3.8, 4) is 5.75 Å². The highest BCUT2D eigenvalue weighted by molar-refractivity contribution is 6.18. The van der Waals surface area contributed by atoms with Crippen LogP contribution in [0.5, 0.6) is 5.75 Å². The topological polar surface area (TPSA) is 21.3 Å². The maximum atomic E-state index is 6.18. The quantitative estimate of drug-likeness (QED) is 0.555. The molecule has 4 unspecified atom stereocenters. The lowest BCUT2D eigenvalue weighted by molar-refractivity contribution is 0.192. The Morgan fingerprint density at radius 1 is 0.875 bits per heavy atom. The molecule has 0 radical (unpaired) electrons. The van der Waals surface area contributed by atoms with Crippen LogP contribution in [0.15, 0.2) is 66.7 Å². The van der Waals surface area contributed by atoms with Crippen LogP contribution in [-0.4, -0.2) is 12.5 Å². The molecule has 3 heteroatoms. The molecule has 0 aliphatic heterocycles. The number of anilines is 2. The number of nitrogens with one attached hydrogen (secondary N) is 1. The van der Waals surface area contributed by atoms with Crippen molar-refractivity contribution in [2.75, 3.05) is 17.8 Å². The SMILES string of the molecule is ClCC1C2C=CC(C2)C1COc1ccc(Nc2ccccc2)cc1. The summed E-state index contributed by atoms with van der Waals surface area (Å²) in [6.45, 7) is 0.758. The second-order valence-electron chi connectivity index (χ2n) is 6.76. The second-order valence-corrected chi connectivity index (χ2v) is 7.07. The second kappa shape index (κ2) is 6.90. The van der Waals surface area contributed by atoms with Gasteiger partial charge in [-0.1, -0.05) is 30.4 Å². The van der Waals surface area contributed by atoms with Crippen molar-refractivity contribution in [3.05, 3.63) is 66.7 Å². The molecule has 2 aromatic rings. The smallest absolute Gasteiger partial charge is 0.119 e. The van der Waals surface area contributed by atoms with Crippen LogP contribution in [0.25, 0.3) is 0 Å². The van der Waals surface area contributed by atoms with Gasteiger partial charge in [0, 0.05) is 23.2 Å². The van der Waals surface area contributed by atoms with Gasteiger partial charge < -0.3 is 10.1 Å². The number of hydrogen-bond acceptors (Lipinski definition) is 2. The zero-order valence-electron chi connectivity index (χ0n) is 13.6. The fraction of sp³-hybridized carbons (Fsp3) is 0.333. The summed E-state index contributed by atoms with van der Waals surface area (Å²) < 4.78 is 6.06. The van der Waals surface area contributed by atoms with E-state index in [1.54, 1.807) is 0 Å². The maximum absolute atomic E-state index is 6.18. The van der Waals surface area contributed by atoms with Crippen LogP contribution in [-0.2, 0) is 0 Å². The Hall–Kier alpha value is -1.93. The van der Waals surface area contributed by atoms with Gasteiger partial charge in [-0.15, -0.1) is 11.6 Å². The first-order chi connectivity index (χ1) is 11.8. The first-order valence-corrected chi connectivity index (χ1v) is 9.16. The van der Waals surface area contributed by atoms with Gasteiger partial charge in [-0.25, -0.2) is 0 Å². The molecule has 0 aromatic heterocycles. The third-order valence-corrected chi connectivity index (χ3v) is 5.69. The molecular weight excluding hydrogens is 318 g/mol. The molecule has 0 heterocycles. The monoisotopic (exact) mass is 339 g/mol. The van der Waals surface area contributed by atoms with Crippen molar-refractivity contribution in [2.24, 2.45) is 23.7 Å². The number of alkyl halides is 1. The summed E-state index contributed by atoms with van der Waals surface area (Å²) in [5.41, 5.74) is 2.15. The first kappa shape index (κ1) is 15.6. The van der Waals surface area contributed by atoms with E-state index in [0.29, 0.717) is 23.7 Å². The van der Waals surface area contributed by atoms with E-state index in [9.17, 15) is 0 Å². The minimum absolute atomic E-state index is 0.555. The highest BCUT2D eigenvalue weighted by atomic mass is 35.5. The lowest BCUT2D eigenvalue weighted by Gasteiger charge is -2.26. The number of benzene rings is 2. The lowest BCUT2D eigenvalue weighted by atomic mass is 9.85. The zero-order chi connectivity index (χ0) is 16.4. The number of fused-ring (bicyclic) bond motifs is 2. The number of halogens is 1. The van der Waals surface area contributed by atoms with E-state index >= 15 is 0 Å². The van der Waals surface area contributed by atoms with Gasteiger partial charge in [-0.3, -0.25) is 0 Å². The summed E-state index contributed by atoms with van der Waals surface area (Å²) in [5.74, 6) is 4.10. The van der Waals surface area contributed by atoms with Crippen LogP contribution in [0.2, 0.25) is 0 Å². The van der Waals surface area contributed by atoms with Gasteiger partial charge in [-0.05, 0) is 60.6 Å². The fourth-order valence-electron chi connectivity index (χ4n) is 4.02. The van der Waals surface area contributed by atoms with Gasteiger partial charge in [0.05, 0.1) is 6.61 Å². The molecular formula is C21H22ClNO. The Kier molecular flexibility index (Phi) is 4.48. The number of para-hydroxylation sites is 1. The van der Waals surface area contributed by atoms with Crippen LogP contribution >= 0.6 is 11.6 Å². The molecule has 0 amide bonds. The summed E-state index contributed by atoms with van der Waals surface area (Å²) in [4.78, 5) is 0. The molecule has 1 saturated carbocycles. The van der Waals surface area contributed by atoms with E-state index in [0.717, 1.165) is 29.6 Å². The van der Waals surface area contributed by atoms with Gasteiger partial charge in [0.1, 0.15) is 5.75 Å². The largest absolute Gasteiger partial charge is 0.493 e. The highest BCUT2D eigenvalue weighted by Crippen LogP contribution is 2.48. The average Bonchev–Trinajstić information content (AvgIpc) is 3.23. The molecule has 2 nitrogen and oxygen atoms in total. The van der Waals surface area contributed by atoms with Gasteiger partial charge in [0.25, 0.3) is 0 Å². The molecule has 2 aliphatic rings. The van der Waals surface area contributed by atoms with Crippen LogP contribution in [0.3, 0.4) is 0 Å². The van der Waals surface area contributed by atoms with Gasteiger partial charge >= 0.3 is 0 Å². The van der Waals surface area contributed by atoms with E-state index in [-0.39, 0.29) is 0 Å². The molecule has 1 N–H and O–H groups in total. The zero-order valence-corrected chi connectivity index (χ0v) is 14.3. The summed E-state index contributed by atoms with van der Waals surface area (Å²) in [7, 11) is 0. The van der Waals surface area contributed by atoms with Crippen LogP contribution in [0.4, 0.5) is 11.4 Å². The molecule has 24 heavy (non-hydrogen) atoms. The van der Waals surface area contributed by atoms with Crippen molar-refractivity contribution >= 4 is 23.0 Å². The molecule has 4 rings (SSSR count). The average molecular weight is 340 g/mol. The predicted octanol–water partition coefficient (Wildman–Crippen LogP) is 5.49. The van der Waals surface area contributed by atoms with Crippen molar-refractivity contribution in [1.82, 2.24) is 0 Å². The Bertz CT molecular complexity index is 698. The molecule has 2 aromatic carbocycles. The number of rotatable bonds is 6. The molecule has 124 valence electrons. The van der Waals surface area contributed by atoms with Crippen molar-refractivity contribution in [2.45, 2.75) is 6.42 Å². The van der Waals surface area contributed by atoms with Gasteiger partial charge in [0.2, 0.25) is 0 Å². The molecule has 2 bridgehead atoms. The molecule has 4 atom stereocenters. The molecule has 0 spiro atoms. The summed E-state index contributed by atoms with van der Waals surface area (Å²) in [6, 6.07) is 18.4. The fourth-order valence-corrected chi connectivity index (χ4v) is 4.48.